The smallest absolute Gasteiger partial charge is 0.139 e. The third-order valence-corrected chi connectivity index (χ3v) is 7.87. The van der Waals surface area contributed by atoms with Crippen molar-refractivity contribution in [2.75, 3.05) is 0 Å². The molecule has 4 atom stereocenters. The largest absolute Gasteiger partial charge is 0.299 e. The third kappa shape index (κ3) is 1.96. The summed E-state index contributed by atoms with van der Waals surface area (Å²) >= 11 is 0. The van der Waals surface area contributed by atoms with Crippen LogP contribution in [0.4, 0.5) is 0 Å². The fourth-order valence-corrected chi connectivity index (χ4v) is 6.35. The lowest BCUT2D eigenvalue weighted by Crippen LogP contribution is -2.42. The van der Waals surface area contributed by atoms with E-state index in [1.165, 1.54) is 37.7 Å². The van der Waals surface area contributed by atoms with Gasteiger partial charge in [0.25, 0.3) is 0 Å². The summed E-state index contributed by atoms with van der Waals surface area (Å²) in [6.07, 6.45) is 11.5. The molecule has 0 spiro atoms. The average Bonchev–Trinajstić information content (AvgIpc) is 3.39. The first-order valence-electron chi connectivity index (χ1n) is 9.94. The lowest BCUT2D eigenvalue weighted by Gasteiger charge is -2.48. The Bertz CT molecular complexity index is 726. The molecule has 0 radical (unpaired) electrons. The van der Waals surface area contributed by atoms with Crippen LogP contribution >= 0.6 is 0 Å². The molecule has 3 fully saturated rings. The predicted molar refractivity (Wildman–Crippen MR) is 98.1 cm³/mol. The van der Waals surface area contributed by atoms with Gasteiger partial charge in [0, 0.05) is 11.8 Å². The molecule has 0 N–H and O–H groups in total. The van der Waals surface area contributed by atoms with Gasteiger partial charge in [-0.15, -0.1) is 0 Å². The minimum atomic E-state index is -0.000943. The van der Waals surface area contributed by atoms with Crippen molar-refractivity contribution in [1.29, 1.82) is 0 Å². The zero-order valence-corrected chi connectivity index (χ0v) is 14.8. The summed E-state index contributed by atoms with van der Waals surface area (Å²) in [7, 11) is 0. The first kappa shape index (κ1) is 14.9. The Hall–Kier alpha value is -1.37. The number of Topliss-reactive ketones (excluding diaryl/α,β-unsaturated/α-hetero) is 1. The first-order chi connectivity index (χ1) is 11.6. The molecule has 4 aliphatic rings. The number of hydrogen-bond donors (Lipinski definition) is 0. The highest BCUT2D eigenvalue weighted by atomic mass is 16.1. The van der Waals surface area contributed by atoms with Crippen LogP contribution in [0.2, 0.25) is 0 Å². The number of benzene rings is 1. The van der Waals surface area contributed by atoms with Gasteiger partial charge in [0.2, 0.25) is 0 Å². The van der Waals surface area contributed by atoms with Crippen LogP contribution in [0, 0.1) is 17.3 Å². The summed E-state index contributed by atoms with van der Waals surface area (Å²) in [4.78, 5) is 12.5. The summed E-state index contributed by atoms with van der Waals surface area (Å²) in [5.41, 5.74) is 6.15. The number of rotatable bonds is 2. The number of aryl methyl sites for hydroxylation is 1. The molecule has 4 aliphatic carbocycles. The molecule has 3 unspecified atom stereocenters. The quantitative estimate of drug-likeness (QED) is 0.690. The second-order valence-electron chi connectivity index (χ2n) is 8.99. The highest BCUT2D eigenvalue weighted by Gasteiger charge is 2.54. The maximum Gasteiger partial charge on any atom is 0.139 e. The minimum Gasteiger partial charge on any atom is -0.299 e. The molecule has 1 heteroatoms. The third-order valence-electron chi connectivity index (χ3n) is 7.87. The van der Waals surface area contributed by atoms with E-state index in [0.717, 1.165) is 31.1 Å². The van der Waals surface area contributed by atoms with E-state index in [1.807, 2.05) is 0 Å². The van der Waals surface area contributed by atoms with Gasteiger partial charge in [-0.3, -0.25) is 4.79 Å². The Morgan fingerprint density at radius 1 is 1.08 bits per heavy atom. The molecule has 1 aromatic carbocycles. The van der Waals surface area contributed by atoms with Crippen LogP contribution in [0.5, 0.6) is 0 Å². The molecule has 1 aromatic rings. The second-order valence-corrected chi connectivity index (χ2v) is 8.99. The van der Waals surface area contributed by atoms with Crippen LogP contribution in [-0.4, -0.2) is 5.78 Å². The van der Waals surface area contributed by atoms with Crippen molar-refractivity contribution in [1.82, 2.24) is 0 Å². The van der Waals surface area contributed by atoms with Crippen molar-refractivity contribution in [2.24, 2.45) is 17.3 Å². The van der Waals surface area contributed by atoms with E-state index < -0.39 is 0 Å². The highest BCUT2D eigenvalue weighted by Crippen LogP contribution is 2.60. The first-order valence-corrected chi connectivity index (χ1v) is 9.94. The summed E-state index contributed by atoms with van der Waals surface area (Å²) in [5.74, 6) is 3.42. The number of ketones is 1. The zero-order valence-electron chi connectivity index (χ0n) is 14.8. The highest BCUT2D eigenvalue weighted by molar-refractivity contribution is 5.87. The Balaban J connectivity index is 1.56. The molecule has 0 bridgehead atoms. The number of hydrogen-bond acceptors (Lipinski definition) is 1. The molecule has 0 aromatic heterocycles. The molecule has 0 heterocycles. The van der Waals surface area contributed by atoms with Crippen LogP contribution in [-0.2, 0) is 11.2 Å². The Kier molecular flexibility index (Phi) is 3.15. The Labute approximate surface area is 145 Å². The summed E-state index contributed by atoms with van der Waals surface area (Å²) < 4.78 is 0. The van der Waals surface area contributed by atoms with E-state index in [1.54, 1.807) is 16.7 Å². The lowest BCUT2D eigenvalue weighted by atomic mass is 9.55. The molecule has 1 nitrogen and oxygen atoms in total. The number of carbonyl (C=O) groups excluding carboxylic acids is 1. The van der Waals surface area contributed by atoms with Crippen LogP contribution in [0.1, 0.15) is 86.0 Å². The molecular weight excluding hydrogens is 292 g/mol. The molecule has 3 saturated carbocycles. The summed E-state index contributed by atoms with van der Waals surface area (Å²) in [6.45, 7) is 6.33. The zero-order chi connectivity index (χ0) is 16.5. The van der Waals surface area contributed by atoms with Gasteiger partial charge in [-0.05, 0) is 90.9 Å². The van der Waals surface area contributed by atoms with Crippen molar-refractivity contribution >= 4 is 11.9 Å². The van der Waals surface area contributed by atoms with Crippen LogP contribution in [0.25, 0.3) is 6.08 Å². The van der Waals surface area contributed by atoms with Gasteiger partial charge in [-0.25, -0.2) is 0 Å². The Morgan fingerprint density at radius 3 is 2.67 bits per heavy atom. The van der Waals surface area contributed by atoms with E-state index in [-0.39, 0.29) is 5.41 Å². The maximum atomic E-state index is 12.5. The van der Waals surface area contributed by atoms with E-state index in [4.69, 9.17) is 0 Å². The Morgan fingerprint density at radius 2 is 1.92 bits per heavy atom. The van der Waals surface area contributed by atoms with Crippen LogP contribution in [0.15, 0.2) is 18.7 Å². The molecular formula is C23H28O. The van der Waals surface area contributed by atoms with Gasteiger partial charge < -0.3 is 0 Å². The second kappa shape index (κ2) is 5.07. The molecule has 0 amide bonds. The average molecular weight is 320 g/mol. The van der Waals surface area contributed by atoms with Gasteiger partial charge >= 0.3 is 0 Å². The number of fused-ring (bicyclic) bond motifs is 5. The van der Waals surface area contributed by atoms with Crippen molar-refractivity contribution in [2.45, 2.75) is 70.1 Å². The normalized spacial score (nSPS) is 37.5. The van der Waals surface area contributed by atoms with Gasteiger partial charge in [0.15, 0.2) is 0 Å². The maximum absolute atomic E-state index is 12.5. The van der Waals surface area contributed by atoms with Gasteiger partial charge in [-0.2, -0.15) is 0 Å². The fourth-order valence-electron chi connectivity index (χ4n) is 6.35. The minimum absolute atomic E-state index is 0.000943. The van der Waals surface area contributed by atoms with Crippen LogP contribution in [0.3, 0.4) is 0 Å². The fraction of sp³-hybridized carbons (Fsp3) is 0.609. The molecule has 0 aliphatic heterocycles. The van der Waals surface area contributed by atoms with Gasteiger partial charge in [0.05, 0.1) is 0 Å². The summed E-state index contributed by atoms with van der Waals surface area (Å²) in [6, 6.07) is 5.00. The van der Waals surface area contributed by atoms with Crippen LogP contribution < -0.4 is 0 Å². The van der Waals surface area contributed by atoms with E-state index >= 15 is 0 Å². The SMILES string of the molecule is C=Cc1cc2c(cc1C1CC1)C1CC[C@]3(C)C(=O)CCC3C1CC2. The van der Waals surface area contributed by atoms with Gasteiger partial charge in [-0.1, -0.05) is 31.7 Å². The standard InChI is InChI=1S/C23H28O/c1-3-14-12-16-6-7-18-17(20(16)13-19(14)15-4-5-15)10-11-23(2)21(18)8-9-22(23)24/h3,12-13,15,17-18,21H,1,4-11H2,2H3/t17?,18?,21?,23-/m0/s1. The number of carbonyl (C=O) groups is 1. The van der Waals surface area contributed by atoms with E-state index in [9.17, 15) is 4.79 Å². The lowest BCUT2D eigenvalue weighted by molar-refractivity contribution is -0.129. The van der Waals surface area contributed by atoms with Crippen molar-refractivity contribution < 1.29 is 4.79 Å². The van der Waals surface area contributed by atoms with Crippen molar-refractivity contribution in [3.05, 3.63) is 41.0 Å². The van der Waals surface area contributed by atoms with E-state index in [2.05, 4.69) is 31.7 Å². The van der Waals surface area contributed by atoms with Crippen molar-refractivity contribution in [3.63, 3.8) is 0 Å². The van der Waals surface area contributed by atoms with Gasteiger partial charge in [0.1, 0.15) is 5.78 Å². The molecule has 126 valence electrons. The monoisotopic (exact) mass is 320 g/mol. The summed E-state index contributed by atoms with van der Waals surface area (Å²) in [5, 5.41) is 0. The molecule has 5 rings (SSSR count). The topological polar surface area (TPSA) is 17.1 Å². The predicted octanol–water partition coefficient (Wildman–Crippen LogP) is 5.63. The molecule has 0 saturated heterocycles. The van der Waals surface area contributed by atoms with Crippen molar-refractivity contribution in [3.8, 4) is 0 Å². The van der Waals surface area contributed by atoms with E-state index in [0.29, 0.717) is 17.6 Å². The molecule has 24 heavy (non-hydrogen) atoms.